The largest absolute Gasteiger partial charge is 0.495 e. The summed E-state index contributed by atoms with van der Waals surface area (Å²) in [5.41, 5.74) is 4.63. The number of morpholine rings is 1. The molecule has 2 aliphatic rings. The minimum Gasteiger partial charge on any atom is -0.495 e. The van der Waals surface area contributed by atoms with Gasteiger partial charge in [-0.2, -0.15) is 4.31 Å². The molecule has 0 spiro atoms. The number of methoxy groups -OCH3 is 1. The zero-order valence-electron chi connectivity index (χ0n) is 18.4. The number of carbonyl (C=O) groups is 1. The molecule has 0 radical (unpaired) electrons. The summed E-state index contributed by atoms with van der Waals surface area (Å²) in [6, 6.07) is 8.84. The second-order valence-electron chi connectivity index (χ2n) is 8.34. The van der Waals surface area contributed by atoms with Crippen LogP contribution in [0, 0.1) is 0 Å². The van der Waals surface area contributed by atoms with E-state index in [1.807, 2.05) is 0 Å². The van der Waals surface area contributed by atoms with Gasteiger partial charge < -0.3 is 19.2 Å². The number of sulfonamides is 1. The summed E-state index contributed by atoms with van der Waals surface area (Å²) >= 11 is 0. The van der Waals surface area contributed by atoms with Gasteiger partial charge in [-0.1, -0.05) is 0 Å². The molecule has 1 fully saturated rings. The average Bonchev–Trinajstić information content (AvgIpc) is 3.44. The Kier molecular flexibility index (Phi) is 5.86. The highest BCUT2D eigenvalue weighted by atomic mass is 32.2. The summed E-state index contributed by atoms with van der Waals surface area (Å²) in [6.07, 6.45) is 5.01. The topological polar surface area (TPSA) is 98.1 Å². The molecular weight excluding hydrogens is 444 g/mol. The summed E-state index contributed by atoms with van der Waals surface area (Å²) in [5.74, 6) is -0.0211. The first-order valence-electron chi connectivity index (χ1n) is 11.0. The van der Waals surface area contributed by atoms with Crippen LogP contribution in [-0.4, -0.2) is 52.0 Å². The highest BCUT2D eigenvalue weighted by Gasteiger charge is 2.29. The first kappa shape index (κ1) is 21.9. The van der Waals surface area contributed by atoms with Crippen LogP contribution in [0.3, 0.4) is 0 Å². The summed E-state index contributed by atoms with van der Waals surface area (Å²) < 4.78 is 44.0. The molecule has 0 atom stereocenters. The van der Waals surface area contributed by atoms with Gasteiger partial charge >= 0.3 is 0 Å². The van der Waals surface area contributed by atoms with Gasteiger partial charge in [0.15, 0.2) is 0 Å². The quantitative estimate of drug-likeness (QED) is 0.594. The van der Waals surface area contributed by atoms with E-state index in [1.165, 1.54) is 28.6 Å². The normalized spacial score (nSPS) is 16.6. The van der Waals surface area contributed by atoms with Crippen molar-refractivity contribution >= 4 is 32.6 Å². The van der Waals surface area contributed by atoms with Crippen molar-refractivity contribution in [3.8, 4) is 5.75 Å². The lowest BCUT2D eigenvalue weighted by Crippen LogP contribution is -2.40. The van der Waals surface area contributed by atoms with Gasteiger partial charge in [0.05, 0.1) is 33.0 Å². The number of ether oxygens (including phenoxy) is 2. The summed E-state index contributed by atoms with van der Waals surface area (Å²) in [4.78, 5) is 12.8. The maximum atomic E-state index is 13.2. The molecule has 1 saturated heterocycles. The second kappa shape index (κ2) is 8.81. The fourth-order valence-corrected chi connectivity index (χ4v) is 6.13. The van der Waals surface area contributed by atoms with Crippen molar-refractivity contribution in [2.45, 2.75) is 30.6 Å². The van der Waals surface area contributed by atoms with E-state index >= 15 is 0 Å². The van der Waals surface area contributed by atoms with Gasteiger partial charge in [-0.3, -0.25) is 4.79 Å². The van der Waals surface area contributed by atoms with Gasteiger partial charge in [0.1, 0.15) is 16.2 Å². The molecule has 3 aromatic rings. The molecule has 2 aromatic carbocycles. The first-order chi connectivity index (χ1) is 16.0. The number of furan rings is 1. The zero-order valence-corrected chi connectivity index (χ0v) is 19.2. The van der Waals surface area contributed by atoms with Crippen molar-refractivity contribution < 1.29 is 27.1 Å². The maximum Gasteiger partial charge on any atom is 0.246 e. The Labute approximate surface area is 192 Å². The highest BCUT2D eigenvalue weighted by Crippen LogP contribution is 2.32. The van der Waals surface area contributed by atoms with Crippen molar-refractivity contribution in [1.29, 1.82) is 0 Å². The van der Waals surface area contributed by atoms with Crippen LogP contribution >= 0.6 is 0 Å². The zero-order chi connectivity index (χ0) is 23.0. The molecule has 0 bridgehead atoms. The molecule has 1 N–H and O–H groups in total. The smallest absolute Gasteiger partial charge is 0.246 e. The number of anilines is 1. The molecule has 0 saturated carbocycles. The van der Waals surface area contributed by atoms with Crippen molar-refractivity contribution in [3.63, 3.8) is 0 Å². The Morgan fingerprint density at radius 1 is 1.12 bits per heavy atom. The maximum absolute atomic E-state index is 13.2. The van der Waals surface area contributed by atoms with Crippen molar-refractivity contribution in [2.75, 3.05) is 38.7 Å². The van der Waals surface area contributed by atoms with Crippen LogP contribution in [0.5, 0.6) is 5.75 Å². The van der Waals surface area contributed by atoms with E-state index in [4.69, 9.17) is 13.9 Å². The van der Waals surface area contributed by atoms with Crippen LogP contribution in [0.4, 0.5) is 5.69 Å². The summed E-state index contributed by atoms with van der Waals surface area (Å²) in [6.45, 7) is 1.25. The molecule has 9 heteroatoms. The molecule has 5 rings (SSSR count). The molecule has 33 heavy (non-hydrogen) atoms. The van der Waals surface area contributed by atoms with Crippen LogP contribution in [0.15, 0.2) is 45.9 Å². The molecule has 0 unspecified atom stereocenters. The molecule has 1 amide bonds. The van der Waals surface area contributed by atoms with Gasteiger partial charge in [0, 0.05) is 29.7 Å². The number of amides is 1. The van der Waals surface area contributed by atoms with Crippen molar-refractivity contribution in [1.82, 2.24) is 4.31 Å². The molecule has 8 nitrogen and oxygen atoms in total. The number of carbonyl (C=O) groups excluding carboxylic acids is 1. The molecule has 1 aromatic heterocycles. The molecule has 1 aliphatic heterocycles. The number of nitrogens with zero attached hydrogens (tertiary/aromatic N) is 1. The predicted octanol–water partition coefficient (Wildman–Crippen LogP) is 3.13. The van der Waals surface area contributed by atoms with Crippen LogP contribution in [-0.2, 0) is 38.8 Å². The standard InChI is InChI=1S/C24H26N2O6S/c1-30-21-6-5-19(14-23(21)33(28,29)26-7-9-31-10-8-26)25-24(27)13-18-15-32-22-12-17-4-2-3-16(17)11-20(18)22/h5-6,11-12,14-15H,2-4,7-10,13H2,1H3,(H,25,27). The van der Waals surface area contributed by atoms with Gasteiger partial charge in [-0.25, -0.2) is 8.42 Å². The minimum absolute atomic E-state index is 0.0222. The van der Waals surface area contributed by atoms with E-state index in [1.54, 1.807) is 18.4 Å². The Bertz CT molecular complexity index is 1310. The number of hydrogen-bond donors (Lipinski definition) is 1. The summed E-state index contributed by atoms with van der Waals surface area (Å²) in [5, 5.41) is 3.77. The number of hydrogen-bond acceptors (Lipinski definition) is 6. The minimum atomic E-state index is -3.79. The van der Waals surface area contributed by atoms with Crippen LogP contribution in [0.2, 0.25) is 0 Å². The van der Waals surface area contributed by atoms with E-state index in [0.29, 0.717) is 18.9 Å². The molecule has 1 aliphatic carbocycles. The molecule has 174 valence electrons. The highest BCUT2D eigenvalue weighted by molar-refractivity contribution is 7.89. The van der Waals surface area contributed by atoms with Gasteiger partial charge in [0.2, 0.25) is 15.9 Å². The fourth-order valence-electron chi connectivity index (χ4n) is 4.55. The number of aryl methyl sites for hydroxylation is 2. The lowest BCUT2D eigenvalue weighted by atomic mass is 10.0. The Hall–Kier alpha value is -2.88. The van der Waals surface area contributed by atoms with Crippen LogP contribution in [0.1, 0.15) is 23.1 Å². The monoisotopic (exact) mass is 470 g/mol. The molecule has 2 heterocycles. The number of benzene rings is 2. The van der Waals surface area contributed by atoms with Gasteiger partial charge in [-0.05, 0) is 60.7 Å². The van der Waals surface area contributed by atoms with Crippen LogP contribution < -0.4 is 10.1 Å². The summed E-state index contributed by atoms with van der Waals surface area (Å²) in [7, 11) is -2.36. The van der Waals surface area contributed by atoms with E-state index in [9.17, 15) is 13.2 Å². The van der Waals surface area contributed by atoms with Crippen molar-refractivity contribution in [3.05, 3.63) is 53.3 Å². The molecular formula is C24H26N2O6S. The third-order valence-corrected chi connectivity index (χ3v) is 8.17. The van der Waals surface area contributed by atoms with E-state index in [-0.39, 0.29) is 36.1 Å². The van der Waals surface area contributed by atoms with Gasteiger partial charge in [-0.15, -0.1) is 0 Å². The third kappa shape index (κ3) is 4.23. The van der Waals surface area contributed by atoms with Crippen molar-refractivity contribution in [2.24, 2.45) is 0 Å². The fraction of sp³-hybridized carbons (Fsp3) is 0.375. The lowest BCUT2D eigenvalue weighted by Gasteiger charge is -2.26. The first-order valence-corrected chi connectivity index (χ1v) is 12.5. The second-order valence-corrected chi connectivity index (χ2v) is 10.2. The number of fused-ring (bicyclic) bond motifs is 2. The number of rotatable bonds is 6. The Balaban J connectivity index is 1.37. The Morgan fingerprint density at radius 3 is 2.64 bits per heavy atom. The Morgan fingerprint density at radius 2 is 1.88 bits per heavy atom. The van der Waals surface area contributed by atoms with Gasteiger partial charge in [0.25, 0.3) is 0 Å². The van der Waals surface area contributed by atoms with Crippen LogP contribution in [0.25, 0.3) is 11.0 Å². The SMILES string of the molecule is COc1ccc(NC(=O)Cc2coc3cc4c(cc23)CCC4)cc1S(=O)(=O)N1CCOCC1. The van der Waals surface area contributed by atoms with E-state index in [2.05, 4.69) is 17.4 Å². The predicted molar refractivity (Wildman–Crippen MR) is 123 cm³/mol. The van der Waals surface area contributed by atoms with E-state index in [0.717, 1.165) is 35.8 Å². The van der Waals surface area contributed by atoms with E-state index < -0.39 is 10.0 Å². The lowest BCUT2D eigenvalue weighted by molar-refractivity contribution is -0.115. The average molecular weight is 471 g/mol. The number of nitrogens with one attached hydrogen (secondary N) is 1. The third-order valence-electron chi connectivity index (χ3n) is 6.25.